The Balaban J connectivity index is 1.48. The minimum atomic E-state index is -1.57. The lowest BCUT2D eigenvalue weighted by Gasteiger charge is -2.34. The minimum absolute atomic E-state index is 0.103. The monoisotopic (exact) mass is 478 g/mol. The molecule has 0 radical (unpaired) electrons. The van der Waals surface area contributed by atoms with Gasteiger partial charge in [0.15, 0.2) is 11.5 Å². The van der Waals surface area contributed by atoms with Crippen LogP contribution in [0.4, 0.5) is 0 Å². The van der Waals surface area contributed by atoms with Gasteiger partial charge in [-0.3, -0.25) is 4.79 Å². The summed E-state index contributed by atoms with van der Waals surface area (Å²) >= 11 is 0. The number of aliphatic hydroxyl groups is 1. The topological polar surface area (TPSA) is 65.0 Å². The van der Waals surface area contributed by atoms with Gasteiger partial charge < -0.3 is 19.3 Å². The molecule has 36 heavy (non-hydrogen) atoms. The molecule has 1 aliphatic heterocycles. The Hall–Kier alpha value is -4.09. The third kappa shape index (κ3) is 3.55. The Labute approximate surface area is 209 Å². The fraction of sp³-hybridized carbons (Fsp3) is 0.194. The second kappa shape index (κ2) is 8.85. The molecule has 1 aliphatic carbocycles. The van der Waals surface area contributed by atoms with Crippen LogP contribution in [0.2, 0.25) is 0 Å². The molecule has 2 aliphatic rings. The average molecular weight is 479 g/mol. The number of ketones is 1. The highest BCUT2D eigenvalue weighted by Crippen LogP contribution is 2.57. The zero-order valence-corrected chi connectivity index (χ0v) is 19.9. The molecule has 0 saturated carbocycles. The molecule has 1 heterocycles. The van der Waals surface area contributed by atoms with Crippen molar-refractivity contribution in [2.24, 2.45) is 5.92 Å². The van der Waals surface area contributed by atoms with Gasteiger partial charge in [-0.25, -0.2) is 0 Å². The molecule has 4 aromatic rings. The number of hydrogen-bond acceptors (Lipinski definition) is 5. The molecular formula is C31H26O5. The smallest absolute Gasteiger partial charge is 0.231 e. The minimum Gasteiger partial charge on any atom is -0.488 e. The van der Waals surface area contributed by atoms with Crippen LogP contribution in [0.1, 0.15) is 40.7 Å². The molecule has 0 spiro atoms. The van der Waals surface area contributed by atoms with Gasteiger partial charge in [-0.2, -0.15) is 0 Å². The zero-order valence-electron chi connectivity index (χ0n) is 19.9. The first-order valence-electron chi connectivity index (χ1n) is 12.1. The van der Waals surface area contributed by atoms with E-state index in [1.54, 1.807) is 6.92 Å². The van der Waals surface area contributed by atoms with Crippen LogP contribution in [-0.4, -0.2) is 17.7 Å². The van der Waals surface area contributed by atoms with E-state index in [1.165, 1.54) is 0 Å². The summed E-state index contributed by atoms with van der Waals surface area (Å²) < 4.78 is 17.4. The number of hydrogen-bond donors (Lipinski definition) is 1. The maximum absolute atomic E-state index is 13.4. The Morgan fingerprint density at radius 3 is 2.39 bits per heavy atom. The van der Waals surface area contributed by atoms with Crippen LogP contribution in [0, 0.1) is 5.92 Å². The SMILES string of the molecule is CC(=O)[C@@H]1[C@@H](c2ccc3c(c2)OCO3)c2ccccc2[C@@]1(O)c1ccccc1OCc1ccccc1. The maximum Gasteiger partial charge on any atom is 0.231 e. The first kappa shape index (κ1) is 22.4. The molecule has 6 rings (SSSR count). The van der Waals surface area contributed by atoms with E-state index in [2.05, 4.69) is 0 Å². The molecule has 1 N–H and O–H groups in total. The molecule has 0 aromatic heterocycles. The van der Waals surface area contributed by atoms with E-state index in [-0.39, 0.29) is 18.5 Å². The molecule has 0 unspecified atom stereocenters. The quantitative estimate of drug-likeness (QED) is 0.392. The van der Waals surface area contributed by atoms with Crippen LogP contribution in [-0.2, 0) is 17.0 Å². The van der Waals surface area contributed by atoms with Crippen molar-refractivity contribution in [2.75, 3.05) is 6.79 Å². The summed E-state index contributed by atoms with van der Waals surface area (Å²) in [6, 6.07) is 30.8. The first-order chi connectivity index (χ1) is 17.6. The fourth-order valence-corrected chi connectivity index (χ4v) is 5.67. The van der Waals surface area contributed by atoms with Crippen molar-refractivity contribution in [2.45, 2.75) is 25.0 Å². The number of carbonyl (C=O) groups excluding carboxylic acids is 1. The van der Waals surface area contributed by atoms with Crippen LogP contribution in [0.25, 0.3) is 0 Å². The molecule has 5 nitrogen and oxygen atoms in total. The molecule has 5 heteroatoms. The van der Waals surface area contributed by atoms with E-state index in [4.69, 9.17) is 14.2 Å². The van der Waals surface area contributed by atoms with Crippen molar-refractivity contribution in [3.05, 3.63) is 125 Å². The molecule has 0 bridgehead atoms. The second-order valence-corrected chi connectivity index (χ2v) is 9.30. The lowest BCUT2D eigenvalue weighted by Crippen LogP contribution is -2.38. The summed E-state index contributed by atoms with van der Waals surface area (Å²) in [5.74, 6) is 0.663. The first-order valence-corrected chi connectivity index (χ1v) is 12.1. The second-order valence-electron chi connectivity index (χ2n) is 9.30. The summed E-state index contributed by atoms with van der Waals surface area (Å²) in [7, 11) is 0. The van der Waals surface area contributed by atoms with Crippen molar-refractivity contribution in [3.8, 4) is 17.2 Å². The standard InChI is InChI=1S/C31H26O5/c1-20(32)30-29(22-15-16-27-28(17-22)36-19-35-27)23-11-5-6-12-24(23)31(30,33)25-13-7-8-14-26(25)34-18-21-9-3-2-4-10-21/h2-17,29-30,33H,18-19H2,1H3/t29-,30+,31+/m0/s1. The molecule has 3 atom stereocenters. The maximum atomic E-state index is 13.4. The summed E-state index contributed by atoms with van der Waals surface area (Å²) in [6.07, 6.45) is 0. The molecule has 4 aromatic carbocycles. The number of fused-ring (bicyclic) bond motifs is 2. The van der Waals surface area contributed by atoms with E-state index in [0.29, 0.717) is 35.0 Å². The number of carbonyl (C=O) groups is 1. The molecule has 0 fully saturated rings. The number of ether oxygens (including phenoxy) is 3. The van der Waals surface area contributed by atoms with E-state index in [1.807, 2.05) is 97.1 Å². The molecule has 0 saturated heterocycles. The van der Waals surface area contributed by atoms with Gasteiger partial charge in [0.1, 0.15) is 23.7 Å². The van der Waals surface area contributed by atoms with Crippen molar-refractivity contribution in [1.82, 2.24) is 0 Å². The summed E-state index contributed by atoms with van der Waals surface area (Å²) in [5.41, 5.74) is 2.55. The van der Waals surface area contributed by atoms with Gasteiger partial charge in [0, 0.05) is 11.5 Å². The Morgan fingerprint density at radius 2 is 1.58 bits per heavy atom. The lowest BCUT2D eigenvalue weighted by atomic mass is 9.74. The van der Waals surface area contributed by atoms with Gasteiger partial charge in [-0.1, -0.05) is 78.9 Å². The van der Waals surface area contributed by atoms with E-state index in [0.717, 1.165) is 16.7 Å². The predicted octanol–water partition coefficient (Wildman–Crippen LogP) is 5.58. The number of benzene rings is 4. The van der Waals surface area contributed by atoms with Gasteiger partial charge in [-0.05, 0) is 47.4 Å². The van der Waals surface area contributed by atoms with Gasteiger partial charge in [0.05, 0.1) is 5.92 Å². The highest BCUT2D eigenvalue weighted by atomic mass is 16.7. The summed E-state index contributed by atoms with van der Waals surface area (Å²) in [6.45, 7) is 2.08. The summed E-state index contributed by atoms with van der Waals surface area (Å²) in [5, 5.41) is 12.6. The van der Waals surface area contributed by atoms with Crippen LogP contribution in [0.5, 0.6) is 17.2 Å². The Kier molecular flexibility index (Phi) is 5.50. The van der Waals surface area contributed by atoms with Gasteiger partial charge >= 0.3 is 0 Å². The molecule has 180 valence electrons. The van der Waals surface area contributed by atoms with Crippen LogP contribution in [0.3, 0.4) is 0 Å². The number of rotatable bonds is 6. The van der Waals surface area contributed by atoms with E-state index >= 15 is 0 Å². The van der Waals surface area contributed by atoms with Gasteiger partial charge in [0.25, 0.3) is 0 Å². The predicted molar refractivity (Wildman–Crippen MR) is 135 cm³/mol. The van der Waals surface area contributed by atoms with Crippen LogP contribution in [0.15, 0.2) is 97.1 Å². The van der Waals surface area contributed by atoms with Crippen molar-refractivity contribution < 1.29 is 24.1 Å². The van der Waals surface area contributed by atoms with Crippen LogP contribution < -0.4 is 14.2 Å². The van der Waals surface area contributed by atoms with Crippen molar-refractivity contribution in [3.63, 3.8) is 0 Å². The van der Waals surface area contributed by atoms with Gasteiger partial charge in [-0.15, -0.1) is 0 Å². The summed E-state index contributed by atoms with van der Waals surface area (Å²) in [4.78, 5) is 13.4. The largest absolute Gasteiger partial charge is 0.488 e. The third-order valence-corrected chi connectivity index (χ3v) is 7.22. The van der Waals surface area contributed by atoms with E-state index < -0.39 is 11.5 Å². The van der Waals surface area contributed by atoms with E-state index in [9.17, 15) is 9.90 Å². The van der Waals surface area contributed by atoms with Crippen molar-refractivity contribution >= 4 is 5.78 Å². The zero-order chi connectivity index (χ0) is 24.7. The molecular weight excluding hydrogens is 452 g/mol. The Morgan fingerprint density at radius 1 is 0.889 bits per heavy atom. The lowest BCUT2D eigenvalue weighted by molar-refractivity contribution is -0.127. The van der Waals surface area contributed by atoms with Gasteiger partial charge in [0.2, 0.25) is 6.79 Å². The van der Waals surface area contributed by atoms with Crippen molar-refractivity contribution in [1.29, 1.82) is 0 Å². The number of Topliss-reactive ketones (excluding diaryl/α,β-unsaturated/α-hetero) is 1. The molecule has 0 amide bonds. The third-order valence-electron chi connectivity index (χ3n) is 7.22. The highest BCUT2D eigenvalue weighted by Gasteiger charge is 2.56. The highest BCUT2D eigenvalue weighted by molar-refractivity contribution is 5.85. The van der Waals surface area contributed by atoms with Crippen LogP contribution >= 0.6 is 0 Å². The number of para-hydroxylation sites is 1. The fourth-order valence-electron chi connectivity index (χ4n) is 5.67. The normalized spacial score (nSPS) is 21.7. The average Bonchev–Trinajstić information content (AvgIpc) is 3.49. The Bertz CT molecular complexity index is 1430.